The molecule has 0 fully saturated rings. The molecule has 6 nitrogen and oxygen atoms in total. The second kappa shape index (κ2) is 8.65. The lowest BCUT2D eigenvalue weighted by atomic mass is 10.0. The summed E-state index contributed by atoms with van der Waals surface area (Å²) in [6.07, 6.45) is 1.60. The number of ether oxygens (including phenoxy) is 2. The van der Waals surface area contributed by atoms with E-state index in [0.717, 1.165) is 28.1 Å². The molecule has 3 aromatic rings. The van der Waals surface area contributed by atoms with E-state index in [-0.39, 0.29) is 5.91 Å². The number of aromatic nitrogens is 1. The predicted octanol–water partition coefficient (Wildman–Crippen LogP) is 5.02. The van der Waals surface area contributed by atoms with Crippen LogP contribution in [0, 0.1) is 20.8 Å². The van der Waals surface area contributed by atoms with Crippen molar-refractivity contribution in [1.29, 1.82) is 0 Å². The van der Waals surface area contributed by atoms with Gasteiger partial charge in [0, 0.05) is 23.6 Å². The zero-order valence-corrected chi connectivity index (χ0v) is 17.3. The fourth-order valence-corrected chi connectivity index (χ4v) is 3.25. The molecule has 1 amide bonds. The van der Waals surface area contributed by atoms with Crippen LogP contribution in [0.1, 0.15) is 27.2 Å². The van der Waals surface area contributed by atoms with Gasteiger partial charge in [-0.1, -0.05) is 17.7 Å². The summed E-state index contributed by atoms with van der Waals surface area (Å²) in [5, 5.41) is 6.24. The number of aryl methyl sites for hydroxylation is 3. The number of pyridine rings is 1. The third-order valence-corrected chi connectivity index (χ3v) is 4.59. The lowest BCUT2D eigenvalue weighted by Gasteiger charge is -2.14. The van der Waals surface area contributed by atoms with Crippen molar-refractivity contribution in [3.05, 3.63) is 71.0 Å². The fourth-order valence-electron chi connectivity index (χ4n) is 3.25. The average molecular weight is 391 g/mol. The van der Waals surface area contributed by atoms with E-state index in [2.05, 4.69) is 15.6 Å². The van der Waals surface area contributed by atoms with Crippen LogP contribution in [0.2, 0.25) is 0 Å². The number of benzene rings is 2. The van der Waals surface area contributed by atoms with Gasteiger partial charge in [-0.05, 0) is 56.2 Å². The molecule has 0 bridgehead atoms. The maximum Gasteiger partial charge on any atom is 0.274 e. The Bertz CT molecular complexity index is 1020. The Balaban J connectivity index is 1.84. The van der Waals surface area contributed by atoms with Gasteiger partial charge in [0.15, 0.2) is 0 Å². The lowest BCUT2D eigenvalue weighted by Crippen LogP contribution is -2.15. The van der Waals surface area contributed by atoms with Gasteiger partial charge in [-0.25, -0.2) is 0 Å². The summed E-state index contributed by atoms with van der Waals surface area (Å²) in [6, 6.07) is 13.1. The Labute approximate surface area is 170 Å². The molecule has 0 spiro atoms. The van der Waals surface area contributed by atoms with Crippen LogP contribution < -0.4 is 20.1 Å². The average Bonchev–Trinajstić information content (AvgIpc) is 2.70. The summed E-state index contributed by atoms with van der Waals surface area (Å²) < 4.78 is 10.7. The molecule has 3 rings (SSSR count). The minimum atomic E-state index is -0.263. The van der Waals surface area contributed by atoms with Crippen LogP contribution in [-0.4, -0.2) is 25.1 Å². The van der Waals surface area contributed by atoms with Crippen molar-refractivity contribution in [3.8, 4) is 11.5 Å². The number of nitrogens with zero attached hydrogens (tertiary/aromatic N) is 1. The molecule has 0 atom stereocenters. The van der Waals surface area contributed by atoms with Gasteiger partial charge in [0.1, 0.15) is 17.2 Å². The molecule has 0 aliphatic rings. The highest BCUT2D eigenvalue weighted by molar-refractivity contribution is 6.04. The third-order valence-electron chi connectivity index (χ3n) is 4.59. The first-order valence-corrected chi connectivity index (χ1v) is 9.25. The third kappa shape index (κ3) is 4.66. The number of hydrogen-bond acceptors (Lipinski definition) is 5. The Morgan fingerprint density at radius 3 is 2.31 bits per heavy atom. The molecule has 0 aliphatic heterocycles. The van der Waals surface area contributed by atoms with Crippen molar-refractivity contribution in [1.82, 2.24) is 4.98 Å². The van der Waals surface area contributed by atoms with Crippen molar-refractivity contribution >= 4 is 23.0 Å². The van der Waals surface area contributed by atoms with Crippen LogP contribution in [0.15, 0.2) is 48.7 Å². The largest absolute Gasteiger partial charge is 0.497 e. The maximum atomic E-state index is 12.8. The number of rotatable bonds is 6. The Hall–Kier alpha value is -3.54. The van der Waals surface area contributed by atoms with Crippen LogP contribution >= 0.6 is 0 Å². The van der Waals surface area contributed by atoms with E-state index in [1.165, 1.54) is 0 Å². The van der Waals surface area contributed by atoms with Crippen molar-refractivity contribution in [2.24, 2.45) is 0 Å². The van der Waals surface area contributed by atoms with Gasteiger partial charge in [-0.15, -0.1) is 0 Å². The van der Waals surface area contributed by atoms with Crippen LogP contribution in [0.3, 0.4) is 0 Å². The van der Waals surface area contributed by atoms with Crippen LogP contribution in [-0.2, 0) is 0 Å². The molecule has 1 heterocycles. The molecule has 6 heteroatoms. The number of anilines is 3. The molecule has 2 N–H and O–H groups in total. The number of hydrogen-bond donors (Lipinski definition) is 2. The summed E-state index contributed by atoms with van der Waals surface area (Å²) in [5.74, 6) is 1.10. The fraction of sp³-hybridized carbons (Fsp3) is 0.217. The summed E-state index contributed by atoms with van der Waals surface area (Å²) in [4.78, 5) is 17.0. The van der Waals surface area contributed by atoms with Gasteiger partial charge < -0.3 is 20.1 Å². The van der Waals surface area contributed by atoms with Crippen molar-refractivity contribution in [2.75, 3.05) is 24.9 Å². The molecule has 0 radical (unpaired) electrons. The normalized spacial score (nSPS) is 10.4. The molecule has 0 saturated heterocycles. The number of nitrogens with one attached hydrogen (secondary N) is 2. The number of carbonyl (C=O) groups is 1. The summed E-state index contributed by atoms with van der Waals surface area (Å²) in [7, 11) is 3.21. The monoisotopic (exact) mass is 391 g/mol. The van der Waals surface area contributed by atoms with E-state index in [0.29, 0.717) is 22.9 Å². The molecule has 1 aromatic heterocycles. The lowest BCUT2D eigenvalue weighted by molar-refractivity contribution is 0.102. The SMILES string of the molecule is COc1ccc(OC)c(Nc2ccnc(C(=O)Nc3c(C)cc(C)cc3C)c2)c1. The molecule has 29 heavy (non-hydrogen) atoms. The van der Waals surface area contributed by atoms with Crippen molar-refractivity contribution in [3.63, 3.8) is 0 Å². The Kier molecular flexibility index (Phi) is 6.02. The van der Waals surface area contributed by atoms with Gasteiger partial charge >= 0.3 is 0 Å². The van der Waals surface area contributed by atoms with E-state index < -0.39 is 0 Å². The first kappa shape index (κ1) is 20.2. The van der Waals surface area contributed by atoms with Crippen LogP contribution in [0.25, 0.3) is 0 Å². The van der Waals surface area contributed by atoms with E-state index in [1.54, 1.807) is 32.5 Å². The van der Waals surface area contributed by atoms with Gasteiger partial charge in [0.2, 0.25) is 0 Å². The van der Waals surface area contributed by atoms with Crippen molar-refractivity contribution in [2.45, 2.75) is 20.8 Å². The number of carbonyl (C=O) groups excluding carboxylic acids is 1. The topological polar surface area (TPSA) is 72.5 Å². The molecular formula is C23H25N3O3. The first-order chi connectivity index (χ1) is 13.9. The highest BCUT2D eigenvalue weighted by Gasteiger charge is 2.13. The van der Waals surface area contributed by atoms with Gasteiger partial charge in [-0.3, -0.25) is 9.78 Å². The minimum Gasteiger partial charge on any atom is -0.497 e. The smallest absolute Gasteiger partial charge is 0.274 e. The quantitative estimate of drug-likeness (QED) is 0.617. The Morgan fingerprint density at radius 1 is 0.931 bits per heavy atom. The van der Waals surface area contributed by atoms with Crippen LogP contribution in [0.5, 0.6) is 11.5 Å². The summed E-state index contributed by atoms with van der Waals surface area (Å²) in [5.41, 5.74) is 5.78. The second-order valence-corrected chi connectivity index (χ2v) is 6.85. The summed E-state index contributed by atoms with van der Waals surface area (Å²) >= 11 is 0. The number of amides is 1. The molecular weight excluding hydrogens is 366 g/mol. The van der Waals surface area contributed by atoms with E-state index in [1.807, 2.05) is 51.1 Å². The van der Waals surface area contributed by atoms with Crippen LogP contribution in [0.4, 0.5) is 17.1 Å². The van der Waals surface area contributed by atoms with Gasteiger partial charge in [-0.2, -0.15) is 0 Å². The van der Waals surface area contributed by atoms with E-state index in [4.69, 9.17) is 9.47 Å². The van der Waals surface area contributed by atoms with Crippen molar-refractivity contribution < 1.29 is 14.3 Å². The standard InChI is InChI=1S/C23H25N3O3/c1-14-10-15(2)22(16(3)11-14)26-23(27)20-12-17(8-9-24-20)25-19-13-18(28-4)6-7-21(19)29-5/h6-13H,1-5H3,(H,24,25)(H,26,27). The molecule has 0 aliphatic carbocycles. The molecule has 0 saturated carbocycles. The highest BCUT2D eigenvalue weighted by Crippen LogP contribution is 2.31. The molecule has 2 aromatic carbocycles. The van der Waals surface area contributed by atoms with Gasteiger partial charge in [0.05, 0.1) is 19.9 Å². The molecule has 150 valence electrons. The molecule has 0 unspecified atom stereocenters. The Morgan fingerprint density at radius 2 is 1.66 bits per heavy atom. The number of methoxy groups -OCH3 is 2. The summed E-state index contributed by atoms with van der Waals surface area (Å²) in [6.45, 7) is 6.00. The predicted molar refractivity (Wildman–Crippen MR) is 116 cm³/mol. The second-order valence-electron chi connectivity index (χ2n) is 6.85. The minimum absolute atomic E-state index is 0.263. The first-order valence-electron chi connectivity index (χ1n) is 9.25. The highest BCUT2D eigenvalue weighted by atomic mass is 16.5. The van der Waals surface area contributed by atoms with Gasteiger partial charge in [0.25, 0.3) is 5.91 Å². The van der Waals surface area contributed by atoms with E-state index in [9.17, 15) is 4.79 Å². The zero-order valence-electron chi connectivity index (χ0n) is 17.3. The zero-order chi connectivity index (χ0) is 21.0. The maximum absolute atomic E-state index is 12.8. The van der Waals surface area contributed by atoms with E-state index >= 15 is 0 Å².